The maximum atomic E-state index is 10.9. The summed E-state index contributed by atoms with van der Waals surface area (Å²) >= 11 is 0. The third-order valence-electron chi connectivity index (χ3n) is 2.09. The van der Waals surface area contributed by atoms with E-state index in [2.05, 4.69) is 0 Å². The van der Waals surface area contributed by atoms with Gasteiger partial charge in [0.25, 0.3) is 5.69 Å². The Bertz CT molecular complexity index is 585. The molecule has 0 spiro atoms. The van der Waals surface area contributed by atoms with E-state index in [1.54, 1.807) is 0 Å². The molecule has 0 amide bonds. The van der Waals surface area contributed by atoms with Crippen molar-refractivity contribution in [3.63, 3.8) is 0 Å². The standard InChI is InChI=1S/C8H7NO7S.Na/c10-9(11)5-3-6-7(16-2-1-15-6)4-8(5)17(12,13)14;/h3-4H,1-2H2,(H,12,13,14);/q;+1/p-1. The zero-order chi connectivity index (χ0) is 12.6. The summed E-state index contributed by atoms with van der Waals surface area (Å²) in [5.41, 5.74) is -0.816. The molecule has 2 rings (SSSR count). The Morgan fingerprint density at radius 1 is 1.17 bits per heavy atom. The van der Waals surface area contributed by atoms with Crippen molar-refractivity contribution in [1.29, 1.82) is 0 Å². The van der Waals surface area contributed by atoms with E-state index < -0.39 is 25.6 Å². The van der Waals surface area contributed by atoms with Crippen LogP contribution in [0.1, 0.15) is 0 Å². The Labute approximate surface area is 124 Å². The summed E-state index contributed by atoms with van der Waals surface area (Å²) in [7, 11) is -4.94. The van der Waals surface area contributed by atoms with E-state index in [9.17, 15) is 23.1 Å². The van der Waals surface area contributed by atoms with Crippen LogP contribution in [-0.2, 0) is 10.1 Å². The van der Waals surface area contributed by atoms with Gasteiger partial charge in [0.15, 0.2) is 11.5 Å². The van der Waals surface area contributed by atoms with Crippen molar-refractivity contribution >= 4 is 15.8 Å². The number of nitro benzene ring substituents is 1. The molecule has 0 bridgehead atoms. The van der Waals surface area contributed by atoms with Gasteiger partial charge in [-0.3, -0.25) is 10.1 Å². The fraction of sp³-hybridized carbons (Fsp3) is 0.250. The molecule has 0 atom stereocenters. The predicted octanol–water partition coefficient (Wildman–Crippen LogP) is -2.73. The Morgan fingerprint density at radius 3 is 2.11 bits per heavy atom. The molecular formula is C8H6NNaO7S. The molecule has 18 heavy (non-hydrogen) atoms. The Balaban J connectivity index is 0.00000162. The van der Waals surface area contributed by atoms with Gasteiger partial charge in [-0.15, -0.1) is 0 Å². The van der Waals surface area contributed by atoms with Crippen LogP contribution in [0.15, 0.2) is 17.0 Å². The van der Waals surface area contributed by atoms with Crippen LogP contribution in [0.4, 0.5) is 5.69 Å². The summed E-state index contributed by atoms with van der Waals surface area (Å²) in [4.78, 5) is 8.78. The zero-order valence-corrected chi connectivity index (χ0v) is 12.1. The van der Waals surface area contributed by atoms with Crippen LogP contribution in [0.5, 0.6) is 11.5 Å². The first kappa shape index (κ1) is 15.2. The first-order chi connectivity index (χ1) is 7.89. The first-order valence-corrected chi connectivity index (χ1v) is 5.84. The summed E-state index contributed by atoms with van der Waals surface area (Å²) in [6, 6.07) is 1.69. The number of hydrogen-bond acceptors (Lipinski definition) is 7. The quantitative estimate of drug-likeness (QED) is 0.250. The molecule has 0 aliphatic carbocycles. The van der Waals surface area contributed by atoms with Crippen LogP contribution in [0.25, 0.3) is 0 Å². The average molecular weight is 283 g/mol. The molecule has 1 aromatic rings. The van der Waals surface area contributed by atoms with Gasteiger partial charge in [-0.1, -0.05) is 0 Å². The van der Waals surface area contributed by atoms with Gasteiger partial charge < -0.3 is 14.0 Å². The van der Waals surface area contributed by atoms with Crippen LogP contribution in [0.2, 0.25) is 0 Å². The molecule has 0 radical (unpaired) electrons. The second-order valence-corrected chi connectivity index (χ2v) is 4.52. The predicted molar refractivity (Wildman–Crippen MR) is 52.0 cm³/mol. The van der Waals surface area contributed by atoms with E-state index >= 15 is 0 Å². The molecule has 0 N–H and O–H groups in total. The van der Waals surface area contributed by atoms with E-state index in [0.717, 1.165) is 12.1 Å². The molecule has 0 saturated carbocycles. The van der Waals surface area contributed by atoms with Gasteiger partial charge in [-0.2, -0.15) is 0 Å². The Morgan fingerprint density at radius 2 is 1.67 bits per heavy atom. The van der Waals surface area contributed by atoms with Crippen molar-refractivity contribution in [1.82, 2.24) is 0 Å². The first-order valence-electron chi connectivity index (χ1n) is 4.43. The molecule has 1 heterocycles. The van der Waals surface area contributed by atoms with Crippen molar-refractivity contribution in [2.24, 2.45) is 0 Å². The zero-order valence-electron chi connectivity index (χ0n) is 9.28. The molecule has 0 unspecified atom stereocenters. The largest absolute Gasteiger partial charge is 1.00 e. The number of rotatable bonds is 2. The van der Waals surface area contributed by atoms with Crippen LogP contribution in [0.3, 0.4) is 0 Å². The van der Waals surface area contributed by atoms with E-state index in [1.807, 2.05) is 0 Å². The SMILES string of the molecule is O=[N+]([O-])c1cc2c(cc1S(=O)(=O)[O-])OCCO2.[Na+]. The Kier molecular flexibility index (Phi) is 4.56. The maximum Gasteiger partial charge on any atom is 1.00 e. The van der Waals surface area contributed by atoms with E-state index in [1.165, 1.54) is 0 Å². The molecule has 92 valence electrons. The monoisotopic (exact) mass is 283 g/mol. The Hall–Kier alpha value is -0.870. The number of fused-ring (bicyclic) bond motifs is 1. The van der Waals surface area contributed by atoms with Crippen molar-refractivity contribution < 1.29 is 56.9 Å². The summed E-state index contributed by atoms with van der Waals surface area (Å²) in [6.45, 7) is 0.386. The van der Waals surface area contributed by atoms with E-state index in [0.29, 0.717) is 0 Å². The smallest absolute Gasteiger partial charge is 0.744 e. The summed E-state index contributed by atoms with van der Waals surface area (Å²) in [5, 5.41) is 10.7. The van der Waals surface area contributed by atoms with Crippen molar-refractivity contribution in [3.05, 3.63) is 22.2 Å². The van der Waals surface area contributed by atoms with Crippen LogP contribution < -0.4 is 39.0 Å². The summed E-state index contributed by atoms with van der Waals surface area (Å²) < 4.78 is 42.8. The second-order valence-electron chi connectivity index (χ2n) is 3.17. The molecule has 1 aliphatic rings. The molecule has 10 heteroatoms. The molecule has 0 aromatic heterocycles. The molecule has 0 fully saturated rings. The molecular weight excluding hydrogens is 277 g/mol. The minimum atomic E-state index is -4.94. The van der Waals surface area contributed by atoms with Crippen molar-refractivity contribution in [2.75, 3.05) is 13.2 Å². The fourth-order valence-electron chi connectivity index (χ4n) is 1.40. The fourth-order valence-corrected chi connectivity index (χ4v) is 2.04. The van der Waals surface area contributed by atoms with Crippen molar-refractivity contribution in [3.8, 4) is 11.5 Å². The molecule has 1 aliphatic heterocycles. The third kappa shape index (κ3) is 2.93. The minimum absolute atomic E-state index is 0. The number of hydrogen-bond donors (Lipinski definition) is 0. The summed E-state index contributed by atoms with van der Waals surface area (Å²) in [6.07, 6.45) is 0. The van der Waals surface area contributed by atoms with E-state index in [4.69, 9.17) is 9.47 Å². The van der Waals surface area contributed by atoms with Gasteiger partial charge >= 0.3 is 29.6 Å². The normalized spacial score (nSPS) is 13.6. The van der Waals surface area contributed by atoms with Gasteiger partial charge in [0.05, 0.1) is 11.0 Å². The minimum Gasteiger partial charge on any atom is -0.744 e. The average Bonchev–Trinajstić information content (AvgIpc) is 2.26. The number of benzene rings is 1. The molecule has 1 aromatic carbocycles. The topological polar surface area (TPSA) is 119 Å². The molecule has 0 saturated heterocycles. The van der Waals surface area contributed by atoms with Gasteiger partial charge in [0.1, 0.15) is 28.2 Å². The maximum absolute atomic E-state index is 10.9. The van der Waals surface area contributed by atoms with Gasteiger partial charge in [0, 0.05) is 6.07 Å². The second kappa shape index (κ2) is 5.41. The van der Waals surface area contributed by atoms with Gasteiger partial charge in [-0.05, 0) is 0 Å². The molecule has 8 nitrogen and oxygen atoms in total. The number of nitro groups is 1. The van der Waals surface area contributed by atoms with E-state index in [-0.39, 0.29) is 54.3 Å². The van der Waals surface area contributed by atoms with Crippen molar-refractivity contribution in [2.45, 2.75) is 4.90 Å². The number of ether oxygens (including phenoxy) is 2. The number of nitrogens with zero attached hydrogens (tertiary/aromatic N) is 1. The van der Waals surface area contributed by atoms with Crippen LogP contribution in [0, 0.1) is 10.1 Å². The van der Waals surface area contributed by atoms with Crippen LogP contribution >= 0.6 is 0 Å². The third-order valence-corrected chi connectivity index (χ3v) is 2.96. The van der Waals surface area contributed by atoms with Crippen LogP contribution in [-0.4, -0.2) is 31.1 Å². The summed E-state index contributed by atoms with van der Waals surface area (Å²) in [5.74, 6) is 0.0617. The van der Waals surface area contributed by atoms with Gasteiger partial charge in [-0.25, -0.2) is 8.42 Å². The van der Waals surface area contributed by atoms with Gasteiger partial charge in [0.2, 0.25) is 0 Å².